The average molecular weight is 455 g/mol. The van der Waals surface area contributed by atoms with Crippen LogP contribution in [0.3, 0.4) is 0 Å². The smallest absolute Gasteiger partial charge is 0.265 e. The second-order valence-electron chi connectivity index (χ2n) is 7.11. The molecular formula is C24H26N2O5S. The van der Waals surface area contributed by atoms with Crippen molar-refractivity contribution in [3.8, 4) is 11.5 Å². The van der Waals surface area contributed by atoms with Crippen LogP contribution in [-0.4, -0.2) is 27.0 Å². The van der Waals surface area contributed by atoms with E-state index >= 15 is 0 Å². The number of benzene rings is 3. The number of hydrogen-bond donors (Lipinski definition) is 2. The van der Waals surface area contributed by atoms with Gasteiger partial charge in [-0.1, -0.05) is 24.3 Å². The van der Waals surface area contributed by atoms with Gasteiger partial charge >= 0.3 is 0 Å². The molecule has 0 aliphatic heterocycles. The number of carbonyl (C=O) groups excluding carboxylic acids is 1. The highest BCUT2D eigenvalue weighted by atomic mass is 32.2. The molecule has 0 radical (unpaired) electrons. The first-order valence-electron chi connectivity index (χ1n) is 10.2. The average Bonchev–Trinajstić information content (AvgIpc) is 2.77. The summed E-state index contributed by atoms with van der Waals surface area (Å²) in [6.07, 6.45) is -0.763. The van der Waals surface area contributed by atoms with Gasteiger partial charge in [-0.2, -0.15) is 0 Å². The van der Waals surface area contributed by atoms with E-state index in [4.69, 9.17) is 9.47 Å². The molecule has 0 spiro atoms. The van der Waals surface area contributed by atoms with Gasteiger partial charge in [0.25, 0.3) is 15.9 Å². The van der Waals surface area contributed by atoms with Crippen molar-refractivity contribution in [2.75, 3.05) is 16.6 Å². The van der Waals surface area contributed by atoms with Crippen LogP contribution in [0.5, 0.6) is 11.5 Å². The van der Waals surface area contributed by atoms with E-state index < -0.39 is 16.1 Å². The van der Waals surface area contributed by atoms with Gasteiger partial charge in [0.2, 0.25) is 0 Å². The molecule has 0 aliphatic rings. The quantitative estimate of drug-likeness (QED) is 0.493. The predicted molar refractivity (Wildman–Crippen MR) is 125 cm³/mol. The van der Waals surface area contributed by atoms with E-state index in [1.54, 1.807) is 62.4 Å². The number of amides is 1. The fourth-order valence-corrected chi connectivity index (χ4v) is 4.29. The number of rotatable bonds is 9. The van der Waals surface area contributed by atoms with Gasteiger partial charge < -0.3 is 14.8 Å². The monoisotopic (exact) mass is 454 g/mol. The fraction of sp³-hybridized carbons (Fsp3) is 0.208. The van der Waals surface area contributed by atoms with Gasteiger partial charge in [0, 0.05) is 11.4 Å². The number of carbonyl (C=O) groups is 1. The van der Waals surface area contributed by atoms with Crippen molar-refractivity contribution in [1.29, 1.82) is 0 Å². The Morgan fingerprint density at radius 3 is 2.25 bits per heavy atom. The van der Waals surface area contributed by atoms with Gasteiger partial charge in [0.1, 0.15) is 11.5 Å². The molecule has 1 unspecified atom stereocenters. The summed E-state index contributed by atoms with van der Waals surface area (Å²) in [5, 5.41) is 2.71. The molecule has 0 aromatic heterocycles. The number of ether oxygens (including phenoxy) is 2. The molecule has 1 atom stereocenters. The maximum Gasteiger partial charge on any atom is 0.265 e. The van der Waals surface area contributed by atoms with E-state index in [2.05, 4.69) is 10.0 Å². The molecule has 0 fully saturated rings. The summed E-state index contributed by atoms with van der Waals surface area (Å²) in [5.41, 5.74) is 1.32. The molecule has 168 valence electrons. The molecule has 0 bridgehead atoms. The first-order chi connectivity index (χ1) is 15.3. The molecule has 7 nitrogen and oxygen atoms in total. The Bertz CT molecular complexity index is 1160. The summed E-state index contributed by atoms with van der Waals surface area (Å²) in [6, 6.07) is 20.4. The van der Waals surface area contributed by atoms with Crippen LogP contribution in [0.25, 0.3) is 0 Å². The minimum Gasteiger partial charge on any atom is -0.494 e. The van der Waals surface area contributed by atoms with Crippen LogP contribution in [-0.2, 0) is 14.8 Å². The molecule has 0 aliphatic carbocycles. The Hall–Kier alpha value is -3.52. The lowest BCUT2D eigenvalue weighted by atomic mass is 10.2. The molecule has 0 saturated heterocycles. The Morgan fingerprint density at radius 2 is 1.59 bits per heavy atom. The largest absolute Gasteiger partial charge is 0.494 e. The molecule has 3 aromatic rings. The van der Waals surface area contributed by atoms with E-state index in [0.717, 1.165) is 0 Å². The molecule has 3 aromatic carbocycles. The van der Waals surface area contributed by atoms with E-state index in [1.165, 1.54) is 6.07 Å². The van der Waals surface area contributed by atoms with Crippen LogP contribution in [0.15, 0.2) is 77.7 Å². The lowest BCUT2D eigenvalue weighted by Crippen LogP contribution is -2.30. The third kappa shape index (κ3) is 6.01. The van der Waals surface area contributed by atoms with Crippen molar-refractivity contribution in [3.05, 3.63) is 78.4 Å². The Balaban J connectivity index is 1.73. The molecule has 32 heavy (non-hydrogen) atoms. The van der Waals surface area contributed by atoms with Crippen LogP contribution in [0.4, 0.5) is 11.4 Å². The summed E-state index contributed by atoms with van der Waals surface area (Å²) in [4.78, 5) is 12.6. The Kier molecular flexibility index (Phi) is 7.37. The molecule has 8 heteroatoms. The number of nitrogens with one attached hydrogen (secondary N) is 2. The lowest BCUT2D eigenvalue weighted by Gasteiger charge is -2.16. The maximum atomic E-state index is 13.0. The number of sulfonamides is 1. The van der Waals surface area contributed by atoms with Gasteiger partial charge in [-0.3, -0.25) is 9.52 Å². The van der Waals surface area contributed by atoms with E-state index in [1.807, 2.05) is 25.1 Å². The van der Waals surface area contributed by atoms with Crippen LogP contribution in [0.2, 0.25) is 0 Å². The Morgan fingerprint density at radius 1 is 0.938 bits per heavy atom. The van der Waals surface area contributed by atoms with Gasteiger partial charge in [0.05, 0.1) is 11.5 Å². The molecule has 3 rings (SSSR count). The minimum atomic E-state index is -3.87. The van der Waals surface area contributed by atoms with Crippen LogP contribution < -0.4 is 19.5 Å². The summed E-state index contributed by atoms with van der Waals surface area (Å²) in [6.45, 7) is 5.72. The van der Waals surface area contributed by atoms with Crippen molar-refractivity contribution >= 4 is 27.3 Å². The van der Waals surface area contributed by atoms with Gasteiger partial charge in [0.15, 0.2) is 6.10 Å². The fourth-order valence-electron chi connectivity index (χ4n) is 2.96. The van der Waals surface area contributed by atoms with E-state index in [9.17, 15) is 13.2 Å². The highest BCUT2D eigenvalue weighted by molar-refractivity contribution is 7.92. The number of para-hydroxylation sites is 1. The molecule has 0 heterocycles. The number of anilines is 2. The van der Waals surface area contributed by atoms with Crippen molar-refractivity contribution in [3.63, 3.8) is 0 Å². The summed E-state index contributed by atoms with van der Waals surface area (Å²) in [5.74, 6) is 0.839. The number of aryl methyl sites for hydroxylation is 1. The zero-order valence-electron chi connectivity index (χ0n) is 18.2. The second-order valence-corrected chi connectivity index (χ2v) is 8.76. The van der Waals surface area contributed by atoms with Crippen LogP contribution >= 0.6 is 0 Å². The predicted octanol–water partition coefficient (Wildman–Crippen LogP) is 4.60. The number of hydrogen-bond acceptors (Lipinski definition) is 5. The standard InChI is InChI=1S/C24H26N2O5S/c1-4-30-21-14-12-19(13-15-21)26-32(28,29)23-16-20(11-10-17(23)2)25-24(27)18(3)31-22-8-6-5-7-9-22/h5-16,18,26H,4H2,1-3H3,(H,25,27). The molecule has 0 saturated carbocycles. The van der Waals surface area contributed by atoms with Crippen LogP contribution in [0.1, 0.15) is 19.4 Å². The maximum absolute atomic E-state index is 13.0. The zero-order chi connectivity index (χ0) is 23.1. The van der Waals surface area contributed by atoms with Crippen LogP contribution in [0, 0.1) is 6.92 Å². The minimum absolute atomic E-state index is 0.0702. The zero-order valence-corrected chi connectivity index (χ0v) is 19.0. The molecule has 1 amide bonds. The second kappa shape index (κ2) is 10.2. The van der Waals surface area contributed by atoms with Crippen molar-refractivity contribution in [2.45, 2.75) is 31.8 Å². The van der Waals surface area contributed by atoms with Gasteiger partial charge in [-0.15, -0.1) is 0 Å². The summed E-state index contributed by atoms with van der Waals surface area (Å²) < 4.78 is 39.5. The molecule has 2 N–H and O–H groups in total. The first-order valence-corrected chi connectivity index (χ1v) is 11.7. The Labute approximate surface area is 188 Å². The third-order valence-corrected chi connectivity index (χ3v) is 6.11. The van der Waals surface area contributed by atoms with Gasteiger partial charge in [-0.05, 0) is 74.9 Å². The topological polar surface area (TPSA) is 93.7 Å². The molecular weight excluding hydrogens is 428 g/mol. The van der Waals surface area contributed by atoms with E-state index in [-0.39, 0.29) is 10.8 Å². The highest BCUT2D eigenvalue weighted by Crippen LogP contribution is 2.24. The normalized spacial score (nSPS) is 12.0. The first kappa shape index (κ1) is 23.1. The van der Waals surface area contributed by atoms with Crippen molar-refractivity contribution in [1.82, 2.24) is 0 Å². The highest BCUT2D eigenvalue weighted by Gasteiger charge is 2.20. The SMILES string of the molecule is CCOc1ccc(NS(=O)(=O)c2cc(NC(=O)C(C)Oc3ccccc3)ccc2C)cc1. The van der Waals surface area contributed by atoms with E-state index in [0.29, 0.717) is 35.0 Å². The lowest BCUT2D eigenvalue weighted by molar-refractivity contribution is -0.122. The van der Waals surface area contributed by atoms with Gasteiger partial charge in [-0.25, -0.2) is 8.42 Å². The summed E-state index contributed by atoms with van der Waals surface area (Å²) >= 11 is 0. The van der Waals surface area contributed by atoms with Crippen molar-refractivity contribution in [2.24, 2.45) is 0 Å². The van der Waals surface area contributed by atoms with Crippen molar-refractivity contribution < 1.29 is 22.7 Å². The summed E-state index contributed by atoms with van der Waals surface area (Å²) in [7, 11) is -3.87. The third-order valence-electron chi connectivity index (χ3n) is 4.59.